The van der Waals surface area contributed by atoms with Crippen molar-refractivity contribution < 1.29 is 13.3 Å². The molecule has 21 heavy (non-hydrogen) atoms. The second-order valence-electron chi connectivity index (χ2n) is 4.77. The van der Waals surface area contributed by atoms with Gasteiger partial charge < -0.3 is 0 Å². The summed E-state index contributed by atoms with van der Waals surface area (Å²) in [6.07, 6.45) is 0. The lowest BCUT2D eigenvalue weighted by molar-refractivity contribution is -0.387. The van der Waals surface area contributed by atoms with Crippen LogP contribution < -0.4 is 0 Å². The molecular weight excluding hydrogens is 292 g/mol. The maximum absolute atomic E-state index is 12.6. The number of nitrogens with zero attached hydrogens (tertiary/aromatic N) is 2. The number of fused-ring (bicyclic) bond motifs is 1. The zero-order chi connectivity index (χ0) is 15.0. The van der Waals surface area contributed by atoms with Gasteiger partial charge in [0.25, 0.3) is 15.7 Å². The van der Waals surface area contributed by atoms with E-state index in [0.717, 1.165) is 11.1 Å². The molecule has 0 saturated carbocycles. The van der Waals surface area contributed by atoms with Crippen molar-refractivity contribution in [3.8, 4) is 0 Å². The van der Waals surface area contributed by atoms with Gasteiger partial charge in [-0.2, -0.15) is 4.31 Å². The second kappa shape index (κ2) is 4.94. The topological polar surface area (TPSA) is 80.5 Å². The van der Waals surface area contributed by atoms with Crippen molar-refractivity contribution in [1.82, 2.24) is 4.31 Å². The van der Waals surface area contributed by atoms with Crippen molar-refractivity contribution in [1.29, 1.82) is 0 Å². The zero-order valence-corrected chi connectivity index (χ0v) is 11.8. The Balaban J connectivity index is 2.02. The van der Waals surface area contributed by atoms with Crippen molar-refractivity contribution in [3.63, 3.8) is 0 Å². The van der Waals surface area contributed by atoms with Gasteiger partial charge in [0.15, 0.2) is 4.90 Å². The maximum Gasteiger partial charge on any atom is 0.289 e. The van der Waals surface area contributed by atoms with E-state index in [4.69, 9.17) is 0 Å². The molecule has 1 heterocycles. The minimum Gasteiger partial charge on any atom is -0.258 e. The summed E-state index contributed by atoms with van der Waals surface area (Å²) in [5.74, 6) is 0. The van der Waals surface area contributed by atoms with E-state index >= 15 is 0 Å². The van der Waals surface area contributed by atoms with Gasteiger partial charge in [0, 0.05) is 19.2 Å². The molecule has 0 amide bonds. The van der Waals surface area contributed by atoms with Crippen LogP contribution >= 0.6 is 0 Å². The van der Waals surface area contributed by atoms with Crippen molar-refractivity contribution in [2.45, 2.75) is 18.0 Å². The Kier molecular flexibility index (Phi) is 3.23. The molecule has 0 atom stereocenters. The average Bonchev–Trinajstić information content (AvgIpc) is 2.92. The van der Waals surface area contributed by atoms with Gasteiger partial charge in [0.05, 0.1) is 4.92 Å². The van der Waals surface area contributed by atoms with Crippen LogP contribution in [-0.2, 0) is 23.1 Å². The first kappa shape index (κ1) is 13.7. The predicted octanol–water partition coefficient (Wildman–Crippen LogP) is 2.30. The van der Waals surface area contributed by atoms with E-state index in [2.05, 4.69) is 0 Å². The Bertz CT molecular complexity index is 792. The van der Waals surface area contributed by atoms with Crippen LogP contribution in [0.3, 0.4) is 0 Å². The molecule has 2 aromatic carbocycles. The molecule has 0 bridgehead atoms. The highest BCUT2D eigenvalue weighted by molar-refractivity contribution is 7.89. The SMILES string of the molecule is O=[N+]([O-])c1ccccc1S(=O)(=O)N1Cc2ccccc2C1. The molecule has 0 saturated heterocycles. The molecule has 1 aliphatic heterocycles. The molecule has 2 aromatic rings. The summed E-state index contributed by atoms with van der Waals surface area (Å²) in [7, 11) is -3.89. The Morgan fingerprint density at radius 3 is 2.05 bits per heavy atom. The first-order valence-electron chi connectivity index (χ1n) is 6.30. The lowest BCUT2D eigenvalue weighted by Crippen LogP contribution is -2.26. The fraction of sp³-hybridized carbons (Fsp3) is 0.143. The van der Waals surface area contributed by atoms with Gasteiger partial charge in [0.2, 0.25) is 0 Å². The fourth-order valence-electron chi connectivity index (χ4n) is 2.44. The molecule has 6 nitrogen and oxygen atoms in total. The highest BCUT2D eigenvalue weighted by Crippen LogP contribution is 2.32. The quantitative estimate of drug-likeness (QED) is 0.643. The normalized spacial score (nSPS) is 14.9. The Morgan fingerprint density at radius 2 is 1.48 bits per heavy atom. The molecule has 0 fully saturated rings. The first-order chi connectivity index (χ1) is 10.00. The van der Waals surface area contributed by atoms with E-state index in [1.165, 1.54) is 28.6 Å². The molecule has 1 aliphatic rings. The van der Waals surface area contributed by atoms with Crippen molar-refractivity contribution >= 4 is 15.7 Å². The van der Waals surface area contributed by atoms with Gasteiger partial charge in [-0.3, -0.25) is 10.1 Å². The van der Waals surface area contributed by atoms with E-state index in [-0.39, 0.29) is 18.0 Å². The van der Waals surface area contributed by atoms with Crippen LogP contribution in [0.15, 0.2) is 53.4 Å². The predicted molar refractivity (Wildman–Crippen MR) is 76.0 cm³/mol. The van der Waals surface area contributed by atoms with Crippen LogP contribution in [0.2, 0.25) is 0 Å². The van der Waals surface area contributed by atoms with E-state index in [1.54, 1.807) is 0 Å². The van der Waals surface area contributed by atoms with E-state index in [1.807, 2.05) is 24.3 Å². The number of rotatable bonds is 3. The molecule has 3 rings (SSSR count). The Labute approximate surface area is 121 Å². The highest BCUT2D eigenvalue weighted by atomic mass is 32.2. The van der Waals surface area contributed by atoms with Gasteiger partial charge in [-0.05, 0) is 17.2 Å². The maximum atomic E-state index is 12.6. The summed E-state index contributed by atoms with van der Waals surface area (Å²) in [6, 6.07) is 12.8. The van der Waals surface area contributed by atoms with Crippen LogP contribution in [0.4, 0.5) is 5.69 Å². The van der Waals surface area contributed by atoms with Gasteiger partial charge in [0.1, 0.15) is 0 Å². The lowest BCUT2D eigenvalue weighted by atomic mass is 10.1. The fourth-order valence-corrected chi connectivity index (χ4v) is 3.99. The van der Waals surface area contributed by atoms with E-state index in [0.29, 0.717) is 0 Å². The van der Waals surface area contributed by atoms with Gasteiger partial charge in [-0.1, -0.05) is 36.4 Å². The van der Waals surface area contributed by atoms with Gasteiger partial charge in [-0.25, -0.2) is 8.42 Å². The molecule has 108 valence electrons. The van der Waals surface area contributed by atoms with Crippen LogP contribution in [0.25, 0.3) is 0 Å². The number of nitro groups is 1. The molecule has 0 aliphatic carbocycles. The molecular formula is C14H12N2O4S. The first-order valence-corrected chi connectivity index (χ1v) is 7.74. The molecule has 0 N–H and O–H groups in total. The van der Waals surface area contributed by atoms with Crippen molar-refractivity contribution in [3.05, 3.63) is 69.8 Å². The monoisotopic (exact) mass is 304 g/mol. The Hall–Kier alpha value is -2.25. The number of hydrogen-bond donors (Lipinski definition) is 0. The molecule has 7 heteroatoms. The number of benzene rings is 2. The molecule has 0 radical (unpaired) electrons. The van der Waals surface area contributed by atoms with Crippen LogP contribution in [0.1, 0.15) is 11.1 Å². The second-order valence-corrected chi connectivity index (χ2v) is 6.67. The van der Waals surface area contributed by atoms with Crippen molar-refractivity contribution in [2.24, 2.45) is 0 Å². The number of nitro benzene ring substituents is 1. The van der Waals surface area contributed by atoms with E-state index in [9.17, 15) is 18.5 Å². The number of para-hydroxylation sites is 1. The third-order valence-corrected chi connectivity index (χ3v) is 5.33. The summed E-state index contributed by atoms with van der Waals surface area (Å²) in [6.45, 7) is 0.481. The summed E-state index contributed by atoms with van der Waals surface area (Å²) in [4.78, 5) is 10.1. The largest absolute Gasteiger partial charge is 0.289 e. The minimum absolute atomic E-state index is 0.241. The standard InChI is InChI=1S/C14H12N2O4S/c17-16(18)13-7-3-4-8-14(13)21(19,20)15-9-11-5-1-2-6-12(11)10-15/h1-8H,9-10H2. The third-order valence-electron chi connectivity index (χ3n) is 3.49. The summed E-state index contributed by atoms with van der Waals surface area (Å²) in [5, 5.41) is 11.0. The van der Waals surface area contributed by atoms with Crippen LogP contribution in [-0.4, -0.2) is 17.6 Å². The third kappa shape index (κ3) is 2.30. The van der Waals surface area contributed by atoms with Gasteiger partial charge >= 0.3 is 0 Å². The summed E-state index contributed by atoms with van der Waals surface area (Å²) in [5.41, 5.74) is 1.47. The summed E-state index contributed by atoms with van der Waals surface area (Å²) < 4.78 is 26.6. The van der Waals surface area contributed by atoms with Gasteiger partial charge in [-0.15, -0.1) is 0 Å². The number of sulfonamides is 1. The molecule has 0 spiro atoms. The lowest BCUT2D eigenvalue weighted by Gasteiger charge is -2.15. The summed E-state index contributed by atoms with van der Waals surface area (Å²) >= 11 is 0. The van der Waals surface area contributed by atoms with Crippen molar-refractivity contribution in [2.75, 3.05) is 0 Å². The molecule has 0 unspecified atom stereocenters. The number of hydrogen-bond acceptors (Lipinski definition) is 4. The average molecular weight is 304 g/mol. The minimum atomic E-state index is -3.89. The zero-order valence-electron chi connectivity index (χ0n) is 11.0. The Morgan fingerprint density at radius 1 is 0.952 bits per heavy atom. The smallest absolute Gasteiger partial charge is 0.258 e. The van der Waals surface area contributed by atoms with Crippen LogP contribution in [0.5, 0.6) is 0 Å². The van der Waals surface area contributed by atoms with Crippen LogP contribution in [0, 0.1) is 10.1 Å². The highest BCUT2D eigenvalue weighted by Gasteiger charge is 2.34. The van der Waals surface area contributed by atoms with E-state index < -0.39 is 20.6 Å². The molecule has 0 aromatic heterocycles.